The molecule has 1 spiro atoms. The highest BCUT2D eigenvalue weighted by atomic mass is 32.2. The highest BCUT2D eigenvalue weighted by Crippen LogP contribution is 2.36. The van der Waals surface area contributed by atoms with Crippen LogP contribution in [0.15, 0.2) is 52.4 Å². The third-order valence-corrected chi connectivity index (χ3v) is 6.93. The van der Waals surface area contributed by atoms with Crippen molar-refractivity contribution in [1.29, 1.82) is 0 Å². The molecular formula is C25H30N4O2S. The van der Waals surface area contributed by atoms with Crippen molar-refractivity contribution in [2.45, 2.75) is 39.3 Å². The normalized spacial score (nSPS) is 17.2. The lowest BCUT2D eigenvalue weighted by Gasteiger charge is -2.35. The van der Waals surface area contributed by atoms with Gasteiger partial charge in [0.05, 0.1) is 12.8 Å². The van der Waals surface area contributed by atoms with E-state index in [2.05, 4.69) is 44.3 Å². The van der Waals surface area contributed by atoms with Crippen LogP contribution in [0.25, 0.3) is 0 Å². The second kappa shape index (κ2) is 9.36. The Bertz CT molecular complexity index is 1050. The number of hydrogen-bond donors (Lipinski definition) is 1. The molecule has 2 aromatic carbocycles. The second-order valence-corrected chi connectivity index (χ2v) is 9.49. The lowest BCUT2D eigenvalue weighted by atomic mass is 9.98. The maximum absolute atomic E-state index is 12.8. The minimum absolute atomic E-state index is 0.0893. The molecule has 2 heterocycles. The maximum Gasteiger partial charge on any atom is 0.321 e. The van der Waals surface area contributed by atoms with E-state index < -0.39 is 5.66 Å². The third kappa shape index (κ3) is 4.67. The number of nitrogens with zero attached hydrogens (tertiary/aromatic N) is 3. The molecule has 0 atom stereocenters. The molecule has 4 rings (SSSR count). The summed E-state index contributed by atoms with van der Waals surface area (Å²) in [6.07, 6.45) is 1.45. The molecule has 2 aromatic rings. The number of hydrogen-bond acceptors (Lipinski definition) is 5. The number of urea groups is 1. The Morgan fingerprint density at radius 1 is 1.09 bits per heavy atom. The van der Waals surface area contributed by atoms with Gasteiger partial charge in [-0.15, -0.1) is 11.8 Å². The first kappa shape index (κ1) is 22.4. The molecule has 1 N–H and O–H groups in total. The van der Waals surface area contributed by atoms with Crippen LogP contribution in [0.5, 0.6) is 5.75 Å². The van der Waals surface area contributed by atoms with Crippen LogP contribution in [0.3, 0.4) is 0 Å². The first-order valence-corrected chi connectivity index (χ1v) is 12.0. The van der Waals surface area contributed by atoms with E-state index >= 15 is 0 Å². The van der Waals surface area contributed by atoms with Crippen LogP contribution >= 0.6 is 11.8 Å². The Labute approximate surface area is 194 Å². The van der Waals surface area contributed by atoms with Gasteiger partial charge in [0.1, 0.15) is 10.8 Å². The molecule has 2 aliphatic heterocycles. The van der Waals surface area contributed by atoms with E-state index in [1.807, 2.05) is 29.2 Å². The monoisotopic (exact) mass is 450 g/mol. The molecule has 0 aromatic heterocycles. The van der Waals surface area contributed by atoms with E-state index in [-0.39, 0.29) is 6.03 Å². The predicted molar refractivity (Wildman–Crippen MR) is 134 cm³/mol. The van der Waals surface area contributed by atoms with Gasteiger partial charge in [0, 0.05) is 37.2 Å². The van der Waals surface area contributed by atoms with Crippen molar-refractivity contribution in [1.82, 2.24) is 4.90 Å². The number of carbonyl (C=O) groups excluding carboxylic acids is 1. The molecule has 0 bridgehead atoms. The molecule has 168 valence electrons. The number of piperidine rings is 1. The van der Waals surface area contributed by atoms with Crippen LogP contribution in [0, 0.1) is 13.8 Å². The number of ether oxygens (including phenoxy) is 1. The summed E-state index contributed by atoms with van der Waals surface area (Å²) in [6, 6.07) is 13.8. The van der Waals surface area contributed by atoms with Crippen molar-refractivity contribution in [2.75, 3.05) is 31.3 Å². The number of amides is 2. The molecule has 7 heteroatoms. The zero-order chi connectivity index (χ0) is 22.7. The van der Waals surface area contributed by atoms with Crippen molar-refractivity contribution in [3.8, 4) is 5.75 Å². The largest absolute Gasteiger partial charge is 0.497 e. The Kier molecular flexibility index (Phi) is 6.55. The molecule has 0 saturated carbocycles. The predicted octanol–water partition coefficient (Wildman–Crippen LogP) is 5.29. The van der Waals surface area contributed by atoms with Gasteiger partial charge in [0.2, 0.25) is 0 Å². The van der Waals surface area contributed by atoms with Gasteiger partial charge in [0.25, 0.3) is 0 Å². The number of methoxy groups -OCH3 is 1. The van der Waals surface area contributed by atoms with E-state index in [1.54, 1.807) is 18.9 Å². The summed E-state index contributed by atoms with van der Waals surface area (Å²) in [5.41, 5.74) is 4.96. The molecule has 0 aliphatic carbocycles. The Morgan fingerprint density at radius 3 is 2.44 bits per heavy atom. The lowest BCUT2D eigenvalue weighted by molar-refractivity contribution is 0.175. The van der Waals surface area contributed by atoms with Crippen molar-refractivity contribution in [3.63, 3.8) is 0 Å². The number of benzene rings is 2. The number of rotatable bonds is 4. The number of thioether (sulfide) groups is 1. The van der Waals surface area contributed by atoms with Crippen molar-refractivity contribution < 1.29 is 9.53 Å². The van der Waals surface area contributed by atoms with Crippen LogP contribution in [-0.4, -0.2) is 53.3 Å². The lowest BCUT2D eigenvalue weighted by Crippen LogP contribution is -2.46. The average Bonchev–Trinajstić information content (AvgIpc) is 3.14. The first-order chi connectivity index (χ1) is 15.4. The number of nitrogens with one attached hydrogen (secondary N) is 1. The minimum atomic E-state index is -0.456. The first-order valence-electron chi connectivity index (χ1n) is 11.0. The zero-order valence-electron chi connectivity index (χ0n) is 19.1. The zero-order valence-corrected chi connectivity index (χ0v) is 20.0. The maximum atomic E-state index is 12.8. The fourth-order valence-electron chi connectivity index (χ4n) is 4.01. The molecule has 1 fully saturated rings. The summed E-state index contributed by atoms with van der Waals surface area (Å²) in [6.45, 7) is 7.65. The molecule has 6 nitrogen and oxygen atoms in total. The molecule has 2 aliphatic rings. The van der Waals surface area contributed by atoms with Gasteiger partial charge >= 0.3 is 6.03 Å². The summed E-state index contributed by atoms with van der Waals surface area (Å²) >= 11 is 1.75. The van der Waals surface area contributed by atoms with Crippen LogP contribution in [0.1, 0.15) is 36.5 Å². The van der Waals surface area contributed by atoms with Gasteiger partial charge in [-0.3, -0.25) is 4.99 Å². The van der Waals surface area contributed by atoms with Gasteiger partial charge in [-0.2, -0.15) is 0 Å². The van der Waals surface area contributed by atoms with E-state index in [0.717, 1.165) is 46.4 Å². The van der Waals surface area contributed by atoms with Crippen LogP contribution < -0.4 is 10.1 Å². The van der Waals surface area contributed by atoms with Gasteiger partial charge in [-0.05, 0) is 61.1 Å². The highest BCUT2D eigenvalue weighted by molar-refractivity contribution is 8.15. The van der Waals surface area contributed by atoms with E-state index in [9.17, 15) is 4.79 Å². The summed E-state index contributed by atoms with van der Waals surface area (Å²) in [4.78, 5) is 24.8. The molecule has 2 amide bonds. The average molecular weight is 451 g/mol. The summed E-state index contributed by atoms with van der Waals surface area (Å²) in [5, 5.41) is 3.99. The van der Waals surface area contributed by atoms with Gasteiger partial charge in [-0.25, -0.2) is 9.79 Å². The number of aliphatic imine (C=N–C) groups is 2. The molecule has 1 saturated heterocycles. The second-order valence-electron chi connectivity index (χ2n) is 8.24. The fraction of sp³-hybridized carbons (Fsp3) is 0.400. The summed E-state index contributed by atoms with van der Waals surface area (Å²) < 4.78 is 5.17. The molecule has 0 radical (unpaired) electrons. The van der Waals surface area contributed by atoms with Crippen molar-refractivity contribution in [3.05, 3.63) is 59.2 Å². The summed E-state index contributed by atoms with van der Waals surface area (Å²) in [7, 11) is 1.63. The van der Waals surface area contributed by atoms with Crippen LogP contribution in [0.2, 0.25) is 0 Å². The Balaban J connectivity index is 1.46. The standard InChI is InChI=1S/C25H30N4O2S/c1-5-32-23-22(19-7-6-17(2)18(3)16-19)27-25(28-23)12-14-29(15-13-25)24(30)26-20-8-10-21(31-4)11-9-20/h6-11,16H,5,12-15H2,1-4H3,(H,26,30). The minimum Gasteiger partial charge on any atom is -0.497 e. The molecular weight excluding hydrogens is 420 g/mol. The van der Waals surface area contributed by atoms with Crippen LogP contribution in [-0.2, 0) is 0 Å². The van der Waals surface area contributed by atoms with E-state index in [1.165, 1.54) is 11.1 Å². The summed E-state index contributed by atoms with van der Waals surface area (Å²) in [5.74, 6) is 1.72. The number of carbonyl (C=O) groups is 1. The topological polar surface area (TPSA) is 66.3 Å². The van der Waals surface area contributed by atoms with Gasteiger partial charge < -0.3 is 15.0 Å². The highest BCUT2D eigenvalue weighted by Gasteiger charge is 2.40. The van der Waals surface area contributed by atoms with E-state index in [4.69, 9.17) is 14.7 Å². The molecule has 0 unspecified atom stereocenters. The van der Waals surface area contributed by atoms with Crippen molar-refractivity contribution >= 4 is 34.2 Å². The molecule has 32 heavy (non-hydrogen) atoms. The van der Waals surface area contributed by atoms with Gasteiger partial charge in [0.15, 0.2) is 5.66 Å². The van der Waals surface area contributed by atoms with Gasteiger partial charge in [-0.1, -0.05) is 19.1 Å². The SMILES string of the molecule is CCSC1=NC2(CCN(C(=O)Nc3ccc(OC)cc3)CC2)N=C1c1ccc(C)c(C)c1. The van der Waals surface area contributed by atoms with Crippen LogP contribution in [0.4, 0.5) is 10.5 Å². The number of anilines is 1. The number of likely N-dealkylation sites (tertiary alicyclic amines) is 1. The Morgan fingerprint density at radius 2 is 1.81 bits per heavy atom. The quantitative estimate of drug-likeness (QED) is 0.688. The third-order valence-electron chi connectivity index (χ3n) is 6.09. The smallest absolute Gasteiger partial charge is 0.321 e. The fourth-order valence-corrected chi connectivity index (χ4v) is 4.81. The van der Waals surface area contributed by atoms with Crippen molar-refractivity contribution in [2.24, 2.45) is 9.98 Å². The Hall–Kier alpha value is -2.80. The number of aryl methyl sites for hydroxylation is 2. The van der Waals surface area contributed by atoms with E-state index in [0.29, 0.717) is 13.1 Å².